The van der Waals surface area contributed by atoms with Crippen molar-refractivity contribution < 1.29 is 13.2 Å². The van der Waals surface area contributed by atoms with Gasteiger partial charge in [0.05, 0.1) is 23.8 Å². The van der Waals surface area contributed by atoms with Crippen LogP contribution in [-0.2, 0) is 14.8 Å². The van der Waals surface area contributed by atoms with Crippen molar-refractivity contribution in [2.24, 2.45) is 0 Å². The number of sulfonamides is 1. The van der Waals surface area contributed by atoms with Gasteiger partial charge < -0.3 is 15.4 Å². The Labute approximate surface area is 169 Å². The monoisotopic (exact) mass is 423 g/mol. The number of para-hydroxylation sites is 1. The lowest BCUT2D eigenvalue weighted by Crippen LogP contribution is -2.40. The number of nitrogens with one attached hydrogen (secondary N) is 2. The van der Waals surface area contributed by atoms with Crippen LogP contribution in [0.1, 0.15) is 0 Å². The van der Waals surface area contributed by atoms with Gasteiger partial charge in [-0.15, -0.1) is 11.8 Å². The van der Waals surface area contributed by atoms with Crippen LogP contribution in [0, 0.1) is 0 Å². The fourth-order valence-electron chi connectivity index (χ4n) is 2.68. The van der Waals surface area contributed by atoms with Gasteiger partial charge in [0.1, 0.15) is 0 Å². The molecule has 0 spiro atoms. The van der Waals surface area contributed by atoms with Gasteiger partial charge in [-0.1, -0.05) is 12.1 Å². The van der Waals surface area contributed by atoms with Crippen LogP contribution in [0.3, 0.4) is 0 Å². The van der Waals surface area contributed by atoms with E-state index in [1.54, 1.807) is 36.0 Å². The number of thioether (sulfide) groups is 1. The number of ether oxygens (including phenoxy) is 1. The second-order valence-electron chi connectivity index (χ2n) is 5.82. The van der Waals surface area contributed by atoms with Crippen molar-refractivity contribution >= 4 is 50.5 Å². The van der Waals surface area contributed by atoms with Gasteiger partial charge in [0.25, 0.3) is 0 Å². The summed E-state index contributed by atoms with van der Waals surface area (Å²) in [6.07, 6.45) is 2.00. The zero-order valence-electron chi connectivity index (χ0n) is 14.8. The van der Waals surface area contributed by atoms with Crippen molar-refractivity contribution in [3.05, 3.63) is 48.5 Å². The first-order valence-electron chi connectivity index (χ1n) is 8.40. The predicted octanol–water partition coefficient (Wildman–Crippen LogP) is 3.24. The fraction of sp³-hybridized carbons (Fsp3) is 0.278. The number of anilines is 2. The summed E-state index contributed by atoms with van der Waals surface area (Å²) in [5.74, 6) is 0. The maximum atomic E-state index is 12.6. The third-order valence-electron chi connectivity index (χ3n) is 4.08. The van der Waals surface area contributed by atoms with E-state index in [2.05, 4.69) is 10.6 Å². The molecule has 0 atom stereocenters. The van der Waals surface area contributed by atoms with Crippen molar-refractivity contribution in [2.75, 3.05) is 43.2 Å². The molecule has 1 heterocycles. The van der Waals surface area contributed by atoms with Crippen LogP contribution < -0.4 is 10.6 Å². The molecule has 2 aromatic carbocycles. The molecule has 2 N–H and O–H groups in total. The summed E-state index contributed by atoms with van der Waals surface area (Å²) in [4.78, 5) is 1.36. The van der Waals surface area contributed by atoms with Gasteiger partial charge in [0, 0.05) is 23.7 Å². The van der Waals surface area contributed by atoms with Crippen LogP contribution in [0.15, 0.2) is 58.3 Å². The molecule has 1 saturated heterocycles. The highest BCUT2D eigenvalue weighted by Gasteiger charge is 2.26. The standard InChI is InChI=1S/C18H21N3O3S3/c1-26-17-5-3-2-4-16(17)20-18(25)19-14-6-8-15(9-7-14)27(22,23)21-10-12-24-13-11-21/h2-9H,10-13H2,1H3,(H2,19,20,25). The normalized spacial score (nSPS) is 15.3. The Kier molecular flexibility index (Phi) is 6.72. The quantitative estimate of drug-likeness (QED) is 0.565. The van der Waals surface area contributed by atoms with E-state index in [-0.39, 0.29) is 4.90 Å². The molecule has 0 amide bonds. The van der Waals surface area contributed by atoms with Crippen LogP contribution in [0.2, 0.25) is 0 Å². The summed E-state index contributed by atoms with van der Waals surface area (Å²) < 4.78 is 32.0. The lowest BCUT2D eigenvalue weighted by atomic mass is 10.3. The summed E-state index contributed by atoms with van der Waals surface area (Å²) in [6, 6.07) is 14.5. The van der Waals surface area contributed by atoms with Gasteiger partial charge in [-0.3, -0.25) is 0 Å². The molecule has 6 nitrogen and oxygen atoms in total. The Hall–Kier alpha value is -1.65. The largest absolute Gasteiger partial charge is 0.379 e. The predicted molar refractivity (Wildman–Crippen MR) is 114 cm³/mol. The van der Waals surface area contributed by atoms with Crippen molar-refractivity contribution in [1.82, 2.24) is 4.31 Å². The van der Waals surface area contributed by atoms with E-state index in [1.807, 2.05) is 30.5 Å². The maximum absolute atomic E-state index is 12.6. The first kappa shape index (κ1) is 20.1. The third-order valence-corrected chi connectivity index (χ3v) is 6.99. The summed E-state index contributed by atoms with van der Waals surface area (Å²) in [6.45, 7) is 1.61. The lowest BCUT2D eigenvalue weighted by molar-refractivity contribution is 0.0730. The van der Waals surface area contributed by atoms with Gasteiger partial charge >= 0.3 is 0 Å². The zero-order valence-corrected chi connectivity index (χ0v) is 17.3. The van der Waals surface area contributed by atoms with E-state index in [9.17, 15) is 8.42 Å². The van der Waals surface area contributed by atoms with Gasteiger partial charge in [0.15, 0.2) is 5.11 Å². The van der Waals surface area contributed by atoms with E-state index in [0.717, 1.165) is 16.3 Å². The minimum Gasteiger partial charge on any atom is -0.379 e. The Bertz CT molecular complexity index is 896. The summed E-state index contributed by atoms with van der Waals surface area (Å²) in [7, 11) is -3.49. The highest BCUT2D eigenvalue weighted by atomic mass is 32.2. The molecule has 0 bridgehead atoms. The highest BCUT2D eigenvalue weighted by molar-refractivity contribution is 7.98. The topological polar surface area (TPSA) is 70.7 Å². The van der Waals surface area contributed by atoms with Crippen LogP contribution in [0.25, 0.3) is 0 Å². The molecule has 144 valence electrons. The molecule has 1 fully saturated rings. The summed E-state index contributed by atoms with van der Waals surface area (Å²) in [5.41, 5.74) is 1.64. The first-order valence-corrected chi connectivity index (χ1v) is 11.5. The minimum absolute atomic E-state index is 0.265. The van der Waals surface area contributed by atoms with Crippen molar-refractivity contribution in [3.8, 4) is 0 Å². The number of hydrogen-bond acceptors (Lipinski definition) is 5. The lowest BCUT2D eigenvalue weighted by Gasteiger charge is -2.26. The smallest absolute Gasteiger partial charge is 0.243 e. The Morgan fingerprint density at radius 2 is 1.74 bits per heavy atom. The Balaban J connectivity index is 1.66. The molecule has 27 heavy (non-hydrogen) atoms. The summed E-state index contributed by atoms with van der Waals surface area (Å²) in [5, 5.41) is 6.69. The number of hydrogen-bond donors (Lipinski definition) is 2. The van der Waals surface area contributed by atoms with Crippen LogP contribution in [0.4, 0.5) is 11.4 Å². The van der Waals surface area contributed by atoms with E-state index >= 15 is 0 Å². The van der Waals surface area contributed by atoms with Gasteiger partial charge in [0.2, 0.25) is 10.0 Å². The Morgan fingerprint density at radius 3 is 2.41 bits per heavy atom. The number of rotatable bonds is 5. The molecule has 3 rings (SSSR count). The summed E-state index contributed by atoms with van der Waals surface area (Å²) >= 11 is 6.99. The van der Waals surface area contributed by atoms with E-state index < -0.39 is 10.0 Å². The SMILES string of the molecule is CSc1ccccc1NC(=S)Nc1ccc(S(=O)(=O)N2CCOCC2)cc1. The van der Waals surface area contributed by atoms with Crippen molar-refractivity contribution in [1.29, 1.82) is 0 Å². The molecule has 0 aromatic heterocycles. The molecule has 2 aromatic rings. The number of morpholine rings is 1. The number of benzene rings is 2. The maximum Gasteiger partial charge on any atom is 0.243 e. The Morgan fingerprint density at radius 1 is 1.07 bits per heavy atom. The van der Waals surface area contributed by atoms with Crippen molar-refractivity contribution in [3.63, 3.8) is 0 Å². The van der Waals surface area contributed by atoms with Gasteiger partial charge in [-0.2, -0.15) is 4.31 Å². The number of nitrogens with zero attached hydrogens (tertiary/aromatic N) is 1. The molecule has 1 aliphatic rings. The molecule has 0 radical (unpaired) electrons. The average Bonchev–Trinajstić information content (AvgIpc) is 2.69. The minimum atomic E-state index is -3.49. The molecule has 0 unspecified atom stereocenters. The highest BCUT2D eigenvalue weighted by Crippen LogP contribution is 2.25. The molecule has 0 saturated carbocycles. The molecule has 0 aliphatic carbocycles. The molecular formula is C18H21N3O3S3. The van der Waals surface area contributed by atoms with E-state index in [4.69, 9.17) is 17.0 Å². The van der Waals surface area contributed by atoms with Crippen LogP contribution >= 0.6 is 24.0 Å². The average molecular weight is 424 g/mol. The fourth-order valence-corrected chi connectivity index (χ4v) is 4.87. The van der Waals surface area contributed by atoms with E-state index in [0.29, 0.717) is 31.4 Å². The molecule has 1 aliphatic heterocycles. The third kappa shape index (κ3) is 4.99. The van der Waals surface area contributed by atoms with E-state index in [1.165, 1.54) is 4.31 Å². The zero-order chi connectivity index (χ0) is 19.3. The second kappa shape index (κ2) is 9.03. The first-order chi connectivity index (χ1) is 13.0. The molecular weight excluding hydrogens is 402 g/mol. The molecule has 9 heteroatoms. The van der Waals surface area contributed by atoms with Crippen LogP contribution in [0.5, 0.6) is 0 Å². The van der Waals surface area contributed by atoms with Crippen molar-refractivity contribution in [2.45, 2.75) is 9.79 Å². The second-order valence-corrected chi connectivity index (χ2v) is 9.01. The van der Waals surface area contributed by atoms with Crippen LogP contribution in [-0.4, -0.2) is 50.4 Å². The van der Waals surface area contributed by atoms with Gasteiger partial charge in [-0.05, 0) is 54.9 Å². The number of thiocarbonyl (C=S) groups is 1. The van der Waals surface area contributed by atoms with Gasteiger partial charge in [-0.25, -0.2) is 8.42 Å².